The number of hydrogen-bond donors (Lipinski definition) is 2. The first-order valence-electron chi connectivity index (χ1n) is 5.39. The van der Waals surface area contributed by atoms with Gasteiger partial charge < -0.3 is 10.6 Å². The molecule has 0 amide bonds. The quantitative estimate of drug-likeness (QED) is 0.401. The first-order chi connectivity index (χ1) is 7.53. The average Bonchev–Trinajstić information content (AvgIpc) is 2.21. The SMILES string of the molecule is CCS(=O)(=O)N1CC(CNC(=NC)NC)C1.I. The second-order valence-corrected chi connectivity index (χ2v) is 6.04. The highest BCUT2D eigenvalue weighted by molar-refractivity contribution is 14.0. The molecule has 1 aliphatic heterocycles. The third-order valence-corrected chi connectivity index (χ3v) is 4.51. The molecule has 0 spiro atoms. The van der Waals surface area contributed by atoms with Crippen molar-refractivity contribution in [2.75, 3.05) is 39.5 Å². The van der Waals surface area contributed by atoms with Crippen LogP contribution in [0.15, 0.2) is 4.99 Å². The number of guanidine groups is 1. The maximum Gasteiger partial charge on any atom is 0.213 e. The number of hydrogen-bond acceptors (Lipinski definition) is 3. The molecule has 0 aromatic rings. The molecule has 1 fully saturated rings. The van der Waals surface area contributed by atoms with Crippen molar-refractivity contribution < 1.29 is 8.42 Å². The zero-order valence-electron chi connectivity index (χ0n) is 10.4. The van der Waals surface area contributed by atoms with E-state index in [1.54, 1.807) is 21.0 Å². The monoisotopic (exact) mass is 376 g/mol. The number of halogens is 1. The molecule has 8 heteroatoms. The van der Waals surface area contributed by atoms with E-state index in [9.17, 15) is 8.42 Å². The number of nitrogens with zero attached hydrogens (tertiary/aromatic N) is 2. The van der Waals surface area contributed by atoms with Crippen LogP contribution in [0.1, 0.15) is 6.92 Å². The molecule has 0 unspecified atom stereocenters. The zero-order valence-corrected chi connectivity index (χ0v) is 13.6. The molecular weight excluding hydrogens is 355 g/mol. The van der Waals surface area contributed by atoms with Gasteiger partial charge in [0, 0.05) is 39.6 Å². The highest BCUT2D eigenvalue weighted by atomic mass is 127. The molecule has 1 heterocycles. The van der Waals surface area contributed by atoms with Crippen molar-refractivity contribution in [2.24, 2.45) is 10.9 Å². The van der Waals surface area contributed by atoms with Gasteiger partial charge in [0.2, 0.25) is 10.0 Å². The van der Waals surface area contributed by atoms with E-state index in [-0.39, 0.29) is 29.7 Å². The van der Waals surface area contributed by atoms with Crippen LogP contribution < -0.4 is 10.6 Å². The van der Waals surface area contributed by atoms with E-state index < -0.39 is 10.0 Å². The summed E-state index contributed by atoms with van der Waals surface area (Å²) in [6.07, 6.45) is 0. The molecule has 1 rings (SSSR count). The summed E-state index contributed by atoms with van der Waals surface area (Å²) in [6.45, 7) is 3.65. The van der Waals surface area contributed by atoms with Crippen LogP contribution in [0.5, 0.6) is 0 Å². The van der Waals surface area contributed by atoms with Gasteiger partial charge in [-0.3, -0.25) is 4.99 Å². The van der Waals surface area contributed by atoms with E-state index >= 15 is 0 Å². The van der Waals surface area contributed by atoms with E-state index in [2.05, 4.69) is 15.6 Å². The van der Waals surface area contributed by atoms with Gasteiger partial charge in [-0.25, -0.2) is 12.7 Å². The third-order valence-electron chi connectivity index (χ3n) is 2.70. The van der Waals surface area contributed by atoms with Crippen LogP contribution in [-0.2, 0) is 10.0 Å². The van der Waals surface area contributed by atoms with Crippen LogP contribution in [0.25, 0.3) is 0 Å². The average molecular weight is 376 g/mol. The molecule has 102 valence electrons. The van der Waals surface area contributed by atoms with Gasteiger partial charge in [-0.15, -0.1) is 24.0 Å². The maximum atomic E-state index is 11.4. The van der Waals surface area contributed by atoms with Gasteiger partial charge in [0.15, 0.2) is 5.96 Å². The number of aliphatic imine (C=N–C) groups is 1. The highest BCUT2D eigenvalue weighted by Crippen LogP contribution is 2.18. The molecule has 0 atom stereocenters. The summed E-state index contributed by atoms with van der Waals surface area (Å²) in [7, 11) is 0.513. The van der Waals surface area contributed by atoms with Gasteiger partial charge in [0.25, 0.3) is 0 Å². The van der Waals surface area contributed by atoms with Crippen molar-refractivity contribution in [3.63, 3.8) is 0 Å². The largest absolute Gasteiger partial charge is 0.359 e. The summed E-state index contributed by atoms with van der Waals surface area (Å²) in [6, 6.07) is 0. The minimum atomic E-state index is -2.98. The molecule has 0 saturated carbocycles. The van der Waals surface area contributed by atoms with Crippen LogP contribution in [0.3, 0.4) is 0 Å². The third kappa shape index (κ3) is 4.59. The molecular formula is C9H21IN4O2S. The van der Waals surface area contributed by atoms with Crippen LogP contribution in [0, 0.1) is 5.92 Å². The predicted octanol–water partition coefficient (Wildman–Crippen LogP) is -0.319. The second kappa shape index (κ2) is 7.37. The fraction of sp³-hybridized carbons (Fsp3) is 0.889. The lowest BCUT2D eigenvalue weighted by molar-refractivity contribution is 0.202. The van der Waals surface area contributed by atoms with E-state index in [0.717, 1.165) is 12.5 Å². The summed E-state index contributed by atoms with van der Waals surface area (Å²) in [4.78, 5) is 3.98. The Kier molecular flexibility index (Phi) is 7.33. The van der Waals surface area contributed by atoms with Gasteiger partial charge >= 0.3 is 0 Å². The highest BCUT2D eigenvalue weighted by Gasteiger charge is 2.34. The first-order valence-corrected chi connectivity index (χ1v) is 7.00. The predicted molar refractivity (Wildman–Crippen MR) is 80.4 cm³/mol. The normalized spacial score (nSPS) is 18.2. The molecule has 6 nitrogen and oxygen atoms in total. The Hall–Kier alpha value is -0.0900. The van der Waals surface area contributed by atoms with Crippen molar-refractivity contribution in [2.45, 2.75) is 6.92 Å². The topological polar surface area (TPSA) is 73.8 Å². The lowest BCUT2D eigenvalue weighted by Gasteiger charge is -2.38. The Morgan fingerprint density at radius 3 is 2.47 bits per heavy atom. The molecule has 0 radical (unpaired) electrons. The molecule has 0 aliphatic carbocycles. The molecule has 2 N–H and O–H groups in total. The fourth-order valence-electron chi connectivity index (χ4n) is 1.58. The standard InChI is InChI=1S/C9H20N4O2S.HI/c1-4-16(14,15)13-6-8(7-13)5-12-9(10-2)11-3;/h8H,4-7H2,1-3H3,(H2,10,11,12);1H. The van der Waals surface area contributed by atoms with Gasteiger partial charge in [0.05, 0.1) is 5.75 Å². The first kappa shape index (κ1) is 16.9. The summed E-state index contributed by atoms with van der Waals surface area (Å²) in [5.41, 5.74) is 0. The Morgan fingerprint density at radius 1 is 1.47 bits per heavy atom. The molecule has 1 saturated heterocycles. The second-order valence-electron chi connectivity index (χ2n) is 3.79. The molecule has 1 aliphatic rings. The van der Waals surface area contributed by atoms with E-state index in [4.69, 9.17) is 0 Å². The zero-order chi connectivity index (χ0) is 12.2. The van der Waals surface area contributed by atoms with Gasteiger partial charge in [-0.2, -0.15) is 0 Å². The Bertz CT molecular complexity index is 352. The lowest BCUT2D eigenvalue weighted by Crippen LogP contribution is -2.54. The Labute approximate surface area is 120 Å². The van der Waals surface area contributed by atoms with E-state index in [1.165, 1.54) is 4.31 Å². The molecule has 0 aromatic heterocycles. The van der Waals surface area contributed by atoms with Crippen LogP contribution >= 0.6 is 24.0 Å². The van der Waals surface area contributed by atoms with Crippen molar-refractivity contribution in [3.8, 4) is 0 Å². The van der Waals surface area contributed by atoms with Crippen molar-refractivity contribution in [1.29, 1.82) is 0 Å². The van der Waals surface area contributed by atoms with Crippen molar-refractivity contribution in [3.05, 3.63) is 0 Å². The minimum Gasteiger partial charge on any atom is -0.359 e. The number of nitrogens with one attached hydrogen (secondary N) is 2. The van der Waals surface area contributed by atoms with Crippen LogP contribution in [-0.4, -0.2) is 58.2 Å². The summed E-state index contributed by atoms with van der Waals surface area (Å²) in [5.74, 6) is 1.30. The molecule has 17 heavy (non-hydrogen) atoms. The fourth-order valence-corrected chi connectivity index (χ4v) is 2.82. The number of sulfonamides is 1. The minimum absolute atomic E-state index is 0. The van der Waals surface area contributed by atoms with E-state index in [0.29, 0.717) is 19.0 Å². The van der Waals surface area contributed by atoms with E-state index in [1.807, 2.05) is 0 Å². The Morgan fingerprint density at radius 2 is 2.06 bits per heavy atom. The van der Waals surface area contributed by atoms with Crippen LogP contribution in [0.2, 0.25) is 0 Å². The van der Waals surface area contributed by atoms with Crippen LogP contribution in [0.4, 0.5) is 0 Å². The number of rotatable bonds is 4. The van der Waals surface area contributed by atoms with Gasteiger partial charge in [-0.1, -0.05) is 0 Å². The summed E-state index contributed by atoms with van der Waals surface area (Å²) >= 11 is 0. The molecule has 0 bridgehead atoms. The summed E-state index contributed by atoms with van der Waals surface area (Å²) in [5, 5.41) is 6.04. The maximum absolute atomic E-state index is 11.4. The Balaban J connectivity index is 0.00000256. The molecule has 0 aromatic carbocycles. The van der Waals surface area contributed by atoms with Crippen molar-refractivity contribution >= 4 is 40.0 Å². The summed E-state index contributed by atoms with van der Waals surface area (Å²) < 4.78 is 24.4. The van der Waals surface area contributed by atoms with Gasteiger partial charge in [-0.05, 0) is 6.92 Å². The van der Waals surface area contributed by atoms with Crippen molar-refractivity contribution in [1.82, 2.24) is 14.9 Å². The smallest absolute Gasteiger partial charge is 0.213 e. The lowest BCUT2D eigenvalue weighted by atomic mass is 10.0. The van der Waals surface area contributed by atoms with Gasteiger partial charge in [0.1, 0.15) is 0 Å².